The summed E-state index contributed by atoms with van der Waals surface area (Å²) in [6, 6.07) is 3.88. The van der Waals surface area contributed by atoms with Crippen molar-refractivity contribution >= 4 is 24.0 Å². The molecule has 2 rings (SSSR count). The van der Waals surface area contributed by atoms with Crippen molar-refractivity contribution in [3.63, 3.8) is 0 Å². The first-order chi connectivity index (χ1) is 8.16. The minimum Gasteiger partial charge on any atom is -0.302 e. The van der Waals surface area contributed by atoms with Gasteiger partial charge in [-0.3, -0.25) is 0 Å². The molecule has 1 nitrogen and oxygen atoms in total. The Morgan fingerprint density at radius 3 is 2.39 bits per heavy atom. The van der Waals surface area contributed by atoms with Gasteiger partial charge in [-0.05, 0) is 43.6 Å². The van der Waals surface area contributed by atoms with Crippen LogP contribution in [0.5, 0.6) is 0 Å². The quantitative estimate of drug-likeness (QED) is 0.757. The average molecular weight is 296 g/mol. The zero-order valence-electron chi connectivity index (χ0n) is 10.0. The number of halogens is 4. The Hall–Kier alpha value is -0.380. The van der Waals surface area contributed by atoms with Crippen LogP contribution in [0.2, 0.25) is 0 Å². The molecule has 0 bridgehead atoms. The highest BCUT2D eigenvalue weighted by atomic mass is 35.5. The van der Waals surface area contributed by atoms with Crippen molar-refractivity contribution in [2.45, 2.75) is 24.6 Å². The topological polar surface area (TPSA) is 3.24 Å². The van der Waals surface area contributed by atoms with Gasteiger partial charge in [0.05, 0.1) is 5.38 Å². The molecule has 1 fully saturated rings. The van der Waals surface area contributed by atoms with E-state index >= 15 is 0 Å². The fourth-order valence-electron chi connectivity index (χ4n) is 2.18. The van der Waals surface area contributed by atoms with Gasteiger partial charge in [0.1, 0.15) is 0 Å². The first kappa shape index (κ1) is 15.7. The lowest BCUT2D eigenvalue weighted by molar-refractivity contribution is 0.229. The Kier molecular flexibility index (Phi) is 6.33. The van der Waals surface area contributed by atoms with E-state index in [1.54, 1.807) is 6.07 Å². The number of hydrogen-bond donors (Lipinski definition) is 0. The molecule has 1 atom stereocenters. The van der Waals surface area contributed by atoms with Crippen LogP contribution in [0.15, 0.2) is 18.2 Å². The average Bonchev–Trinajstić information content (AvgIpc) is 2.34. The molecule has 1 heterocycles. The first-order valence-corrected chi connectivity index (χ1v) is 6.42. The fourth-order valence-corrected chi connectivity index (χ4v) is 2.51. The van der Waals surface area contributed by atoms with E-state index in [0.717, 1.165) is 19.2 Å². The largest absolute Gasteiger partial charge is 0.302 e. The maximum Gasteiger partial charge on any atom is 0.159 e. The normalized spacial score (nSPS) is 18.2. The molecular weight excluding hydrogens is 279 g/mol. The number of piperidine rings is 1. The molecule has 1 aromatic rings. The predicted molar refractivity (Wildman–Crippen MR) is 72.5 cm³/mol. The molecule has 5 heteroatoms. The van der Waals surface area contributed by atoms with E-state index in [4.69, 9.17) is 11.6 Å². The van der Waals surface area contributed by atoms with Gasteiger partial charge in [-0.1, -0.05) is 12.5 Å². The van der Waals surface area contributed by atoms with Gasteiger partial charge in [0.2, 0.25) is 0 Å². The molecule has 102 valence electrons. The van der Waals surface area contributed by atoms with Gasteiger partial charge in [0.15, 0.2) is 11.6 Å². The van der Waals surface area contributed by atoms with Crippen LogP contribution < -0.4 is 0 Å². The lowest BCUT2D eigenvalue weighted by Crippen LogP contribution is -2.32. The summed E-state index contributed by atoms with van der Waals surface area (Å²) < 4.78 is 25.9. The molecule has 0 spiro atoms. The molecule has 0 N–H and O–H groups in total. The van der Waals surface area contributed by atoms with Crippen molar-refractivity contribution < 1.29 is 8.78 Å². The SMILES string of the molecule is Cl.Fc1ccc(C(Cl)CN2CCCCC2)cc1F. The van der Waals surface area contributed by atoms with Crippen molar-refractivity contribution in [1.29, 1.82) is 0 Å². The number of hydrogen-bond acceptors (Lipinski definition) is 1. The van der Waals surface area contributed by atoms with Gasteiger partial charge in [-0.2, -0.15) is 0 Å². The van der Waals surface area contributed by atoms with Crippen LogP contribution in [-0.4, -0.2) is 24.5 Å². The minimum atomic E-state index is -0.827. The number of benzene rings is 1. The van der Waals surface area contributed by atoms with E-state index in [-0.39, 0.29) is 17.8 Å². The third-order valence-corrected chi connectivity index (χ3v) is 3.56. The third-order valence-electron chi connectivity index (χ3n) is 3.17. The van der Waals surface area contributed by atoms with Crippen LogP contribution in [-0.2, 0) is 0 Å². The summed E-state index contributed by atoms with van der Waals surface area (Å²) >= 11 is 6.23. The first-order valence-electron chi connectivity index (χ1n) is 5.98. The van der Waals surface area contributed by atoms with Crippen molar-refractivity contribution in [3.8, 4) is 0 Å². The van der Waals surface area contributed by atoms with Crippen LogP contribution >= 0.6 is 24.0 Å². The molecule has 1 unspecified atom stereocenters. The molecule has 1 aliphatic heterocycles. The molecule has 0 aromatic heterocycles. The van der Waals surface area contributed by atoms with Crippen LogP contribution in [0, 0.1) is 11.6 Å². The Morgan fingerprint density at radius 1 is 1.11 bits per heavy atom. The summed E-state index contributed by atoms with van der Waals surface area (Å²) in [5, 5.41) is -0.275. The highest BCUT2D eigenvalue weighted by Crippen LogP contribution is 2.24. The van der Waals surface area contributed by atoms with Crippen molar-refractivity contribution in [3.05, 3.63) is 35.4 Å². The van der Waals surface area contributed by atoms with Gasteiger partial charge in [-0.15, -0.1) is 24.0 Å². The van der Waals surface area contributed by atoms with E-state index < -0.39 is 11.6 Å². The van der Waals surface area contributed by atoms with E-state index in [2.05, 4.69) is 4.90 Å². The summed E-state index contributed by atoms with van der Waals surface area (Å²) in [5.41, 5.74) is 0.649. The molecule has 1 aromatic carbocycles. The van der Waals surface area contributed by atoms with Crippen molar-refractivity contribution in [2.24, 2.45) is 0 Å². The second-order valence-electron chi connectivity index (χ2n) is 4.50. The second kappa shape index (κ2) is 7.27. The zero-order valence-corrected chi connectivity index (χ0v) is 11.6. The summed E-state index contributed by atoms with van der Waals surface area (Å²) in [7, 11) is 0. The van der Waals surface area contributed by atoms with Crippen LogP contribution in [0.3, 0.4) is 0 Å². The van der Waals surface area contributed by atoms with Gasteiger partial charge in [-0.25, -0.2) is 8.78 Å². The smallest absolute Gasteiger partial charge is 0.159 e. The van der Waals surface area contributed by atoms with E-state index in [1.807, 2.05) is 0 Å². The van der Waals surface area contributed by atoms with Crippen molar-refractivity contribution in [1.82, 2.24) is 4.90 Å². The molecule has 0 saturated carbocycles. The lowest BCUT2D eigenvalue weighted by atomic mass is 10.1. The molecule has 0 aliphatic carbocycles. The number of likely N-dealkylation sites (tertiary alicyclic amines) is 1. The maximum atomic E-state index is 13.1. The molecule has 0 amide bonds. The molecule has 1 aliphatic rings. The van der Waals surface area contributed by atoms with E-state index in [0.29, 0.717) is 12.1 Å². The van der Waals surface area contributed by atoms with Gasteiger partial charge in [0, 0.05) is 6.54 Å². The monoisotopic (exact) mass is 295 g/mol. The maximum absolute atomic E-state index is 13.1. The molecule has 1 saturated heterocycles. The van der Waals surface area contributed by atoms with E-state index in [9.17, 15) is 8.78 Å². The Bertz CT molecular complexity index is 381. The number of nitrogens with zero attached hydrogens (tertiary/aromatic N) is 1. The predicted octanol–water partition coefficient (Wildman–Crippen LogP) is 4.15. The van der Waals surface area contributed by atoms with Gasteiger partial charge >= 0.3 is 0 Å². The van der Waals surface area contributed by atoms with Crippen molar-refractivity contribution in [2.75, 3.05) is 19.6 Å². The highest BCUT2D eigenvalue weighted by Gasteiger charge is 2.17. The summed E-state index contributed by atoms with van der Waals surface area (Å²) in [6.07, 6.45) is 3.66. The second-order valence-corrected chi connectivity index (χ2v) is 5.03. The van der Waals surface area contributed by atoms with Gasteiger partial charge < -0.3 is 4.90 Å². The Balaban J connectivity index is 0.00000162. The molecular formula is C13H17Cl2F2N. The highest BCUT2D eigenvalue weighted by molar-refractivity contribution is 6.21. The molecule has 18 heavy (non-hydrogen) atoms. The number of alkyl halides is 1. The van der Waals surface area contributed by atoms with Crippen LogP contribution in [0.25, 0.3) is 0 Å². The lowest BCUT2D eigenvalue weighted by Gasteiger charge is -2.28. The Labute approximate surface area is 118 Å². The summed E-state index contributed by atoms with van der Waals surface area (Å²) in [5.74, 6) is -1.65. The Morgan fingerprint density at radius 2 is 1.78 bits per heavy atom. The summed E-state index contributed by atoms with van der Waals surface area (Å²) in [4.78, 5) is 2.28. The number of rotatable bonds is 3. The standard InChI is InChI=1S/C13H16ClF2N.ClH/c14-11(9-17-6-2-1-3-7-17)10-4-5-12(15)13(16)8-10;/h4-5,8,11H,1-3,6-7,9H2;1H. The van der Waals surface area contributed by atoms with Crippen LogP contribution in [0.1, 0.15) is 30.2 Å². The summed E-state index contributed by atoms with van der Waals surface area (Å²) in [6.45, 7) is 2.80. The van der Waals surface area contributed by atoms with Crippen LogP contribution in [0.4, 0.5) is 8.78 Å². The zero-order chi connectivity index (χ0) is 12.3. The molecule has 0 radical (unpaired) electrons. The van der Waals surface area contributed by atoms with E-state index in [1.165, 1.54) is 25.3 Å². The van der Waals surface area contributed by atoms with Gasteiger partial charge in [0.25, 0.3) is 0 Å². The third kappa shape index (κ3) is 4.08. The fraction of sp³-hybridized carbons (Fsp3) is 0.538. The minimum absolute atomic E-state index is 0.